The number of rotatable bonds is 4. The maximum absolute atomic E-state index is 6.10. The van der Waals surface area contributed by atoms with E-state index in [4.69, 9.17) is 10.5 Å². The molecule has 3 aromatic rings. The molecule has 2 heterocycles. The van der Waals surface area contributed by atoms with Crippen molar-refractivity contribution in [3.63, 3.8) is 0 Å². The first-order valence-corrected chi connectivity index (χ1v) is 8.86. The molecule has 2 N–H and O–H groups in total. The zero-order valence-electron chi connectivity index (χ0n) is 14.9. The van der Waals surface area contributed by atoms with E-state index in [1.807, 2.05) is 36.4 Å². The van der Waals surface area contributed by atoms with Crippen LogP contribution in [0.15, 0.2) is 48.5 Å². The van der Waals surface area contributed by atoms with Crippen LogP contribution in [0.1, 0.15) is 5.82 Å². The molecule has 0 radical (unpaired) electrons. The van der Waals surface area contributed by atoms with Crippen molar-refractivity contribution < 1.29 is 4.74 Å². The molecule has 0 aliphatic carbocycles. The van der Waals surface area contributed by atoms with Crippen molar-refractivity contribution in [2.45, 2.75) is 6.54 Å². The summed E-state index contributed by atoms with van der Waals surface area (Å²) >= 11 is 0. The summed E-state index contributed by atoms with van der Waals surface area (Å²) in [5, 5.41) is 0.914. The smallest absolute Gasteiger partial charge is 0.145 e. The number of benzene rings is 2. The van der Waals surface area contributed by atoms with E-state index in [9.17, 15) is 0 Å². The van der Waals surface area contributed by atoms with E-state index in [2.05, 4.69) is 31.9 Å². The maximum Gasteiger partial charge on any atom is 0.145 e. The monoisotopic (exact) mass is 349 g/mol. The normalized spacial score (nSPS) is 15.3. The Bertz CT molecular complexity index is 906. The number of piperazine rings is 1. The fraction of sp³-hybridized carbons (Fsp3) is 0.300. The quantitative estimate of drug-likeness (QED) is 0.781. The second-order valence-corrected chi connectivity index (χ2v) is 6.48. The van der Waals surface area contributed by atoms with Gasteiger partial charge in [-0.25, -0.2) is 9.97 Å². The highest BCUT2D eigenvalue weighted by molar-refractivity contribution is 5.87. The van der Waals surface area contributed by atoms with Crippen LogP contribution in [0.4, 0.5) is 11.5 Å². The lowest BCUT2D eigenvalue weighted by Gasteiger charge is -2.36. The van der Waals surface area contributed by atoms with Gasteiger partial charge in [0.25, 0.3) is 0 Å². The SMILES string of the molecule is COc1ccccc1N1CCN(Cc2nc(N)c3ccccc3n2)CC1. The molecule has 1 saturated heterocycles. The average molecular weight is 349 g/mol. The van der Waals surface area contributed by atoms with Gasteiger partial charge in [-0.3, -0.25) is 4.90 Å². The van der Waals surface area contributed by atoms with Crippen LogP contribution in [0.5, 0.6) is 5.75 Å². The van der Waals surface area contributed by atoms with Crippen molar-refractivity contribution in [3.8, 4) is 5.75 Å². The molecule has 6 heteroatoms. The van der Waals surface area contributed by atoms with Crippen LogP contribution in [0.3, 0.4) is 0 Å². The van der Waals surface area contributed by atoms with Crippen LogP contribution in [0, 0.1) is 0 Å². The third kappa shape index (κ3) is 3.28. The van der Waals surface area contributed by atoms with Gasteiger partial charge in [0.1, 0.15) is 17.4 Å². The number of fused-ring (bicyclic) bond motifs is 1. The minimum atomic E-state index is 0.554. The first-order valence-electron chi connectivity index (χ1n) is 8.86. The predicted octanol–water partition coefficient (Wildman–Crippen LogP) is 2.54. The fourth-order valence-electron chi connectivity index (χ4n) is 3.46. The number of methoxy groups -OCH3 is 1. The Morgan fingerprint density at radius 3 is 2.50 bits per heavy atom. The van der Waals surface area contributed by atoms with Crippen LogP contribution in [0.25, 0.3) is 10.9 Å². The van der Waals surface area contributed by atoms with E-state index in [0.29, 0.717) is 5.82 Å². The summed E-state index contributed by atoms with van der Waals surface area (Å²) in [7, 11) is 1.72. The van der Waals surface area contributed by atoms with E-state index >= 15 is 0 Å². The molecule has 1 fully saturated rings. The third-order valence-electron chi connectivity index (χ3n) is 4.84. The van der Waals surface area contributed by atoms with Crippen molar-refractivity contribution in [1.29, 1.82) is 0 Å². The van der Waals surface area contributed by atoms with Gasteiger partial charge in [0.05, 0.1) is 24.9 Å². The summed E-state index contributed by atoms with van der Waals surface area (Å²) < 4.78 is 5.49. The zero-order valence-corrected chi connectivity index (χ0v) is 14.9. The van der Waals surface area contributed by atoms with Crippen molar-refractivity contribution in [2.24, 2.45) is 0 Å². The molecular formula is C20H23N5O. The van der Waals surface area contributed by atoms with Gasteiger partial charge in [0.2, 0.25) is 0 Å². The third-order valence-corrected chi connectivity index (χ3v) is 4.84. The fourth-order valence-corrected chi connectivity index (χ4v) is 3.46. The summed E-state index contributed by atoms with van der Waals surface area (Å²) in [6, 6.07) is 16.0. The van der Waals surface area contributed by atoms with Crippen LogP contribution < -0.4 is 15.4 Å². The second-order valence-electron chi connectivity index (χ2n) is 6.48. The summed E-state index contributed by atoms with van der Waals surface area (Å²) in [6.45, 7) is 4.52. The van der Waals surface area contributed by atoms with E-state index < -0.39 is 0 Å². The molecule has 134 valence electrons. The molecular weight excluding hydrogens is 326 g/mol. The summed E-state index contributed by atoms with van der Waals surface area (Å²) in [5.41, 5.74) is 8.16. The van der Waals surface area contributed by atoms with Gasteiger partial charge in [0.15, 0.2) is 0 Å². The lowest BCUT2D eigenvalue weighted by atomic mass is 10.2. The molecule has 1 aliphatic heterocycles. The first-order chi connectivity index (χ1) is 12.7. The Balaban J connectivity index is 1.44. The van der Waals surface area contributed by atoms with Crippen LogP contribution in [-0.4, -0.2) is 48.2 Å². The van der Waals surface area contributed by atoms with Gasteiger partial charge in [0, 0.05) is 31.6 Å². The number of anilines is 2. The molecule has 0 saturated carbocycles. The number of nitrogen functional groups attached to an aromatic ring is 1. The van der Waals surface area contributed by atoms with Gasteiger partial charge in [-0.15, -0.1) is 0 Å². The number of nitrogens with two attached hydrogens (primary N) is 1. The second kappa shape index (κ2) is 7.17. The molecule has 4 rings (SSSR count). The number of aromatic nitrogens is 2. The zero-order chi connectivity index (χ0) is 17.9. The molecule has 1 aliphatic rings. The average Bonchev–Trinajstić information content (AvgIpc) is 2.69. The Kier molecular flexibility index (Phi) is 4.58. The van der Waals surface area contributed by atoms with Crippen molar-refractivity contribution >= 4 is 22.4 Å². The van der Waals surface area contributed by atoms with Gasteiger partial charge in [-0.1, -0.05) is 24.3 Å². The molecule has 26 heavy (non-hydrogen) atoms. The highest BCUT2D eigenvalue weighted by atomic mass is 16.5. The number of hydrogen-bond acceptors (Lipinski definition) is 6. The highest BCUT2D eigenvalue weighted by Crippen LogP contribution is 2.28. The minimum absolute atomic E-state index is 0.554. The summed E-state index contributed by atoms with van der Waals surface area (Å²) in [6.07, 6.45) is 0. The molecule has 0 bridgehead atoms. The standard InChI is InChI=1S/C20H23N5O/c1-26-18-9-5-4-8-17(18)25-12-10-24(11-13-25)14-19-22-16-7-3-2-6-15(16)20(21)23-19/h2-9H,10-14H2,1H3,(H2,21,22,23). The van der Waals surface area contributed by atoms with Gasteiger partial charge in [-0.2, -0.15) is 0 Å². The number of para-hydroxylation sites is 3. The topological polar surface area (TPSA) is 67.5 Å². The molecule has 0 amide bonds. The maximum atomic E-state index is 6.10. The van der Waals surface area contributed by atoms with E-state index in [1.54, 1.807) is 7.11 Å². The molecule has 0 spiro atoms. The molecule has 2 aromatic carbocycles. The van der Waals surface area contributed by atoms with Crippen LogP contribution in [0.2, 0.25) is 0 Å². The van der Waals surface area contributed by atoms with E-state index in [1.165, 1.54) is 0 Å². The molecule has 6 nitrogen and oxygen atoms in total. The largest absolute Gasteiger partial charge is 0.495 e. The Morgan fingerprint density at radius 2 is 1.69 bits per heavy atom. The van der Waals surface area contributed by atoms with Gasteiger partial charge in [-0.05, 0) is 24.3 Å². The first kappa shape index (κ1) is 16.6. The van der Waals surface area contributed by atoms with Crippen molar-refractivity contribution in [2.75, 3.05) is 43.9 Å². The van der Waals surface area contributed by atoms with E-state index in [-0.39, 0.29) is 0 Å². The predicted molar refractivity (Wildman–Crippen MR) is 104 cm³/mol. The Hall–Kier alpha value is -2.86. The van der Waals surface area contributed by atoms with Crippen LogP contribution in [-0.2, 0) is 6.54 Å². The lowest BCUT2D eigenvalue weighted by Crippen LogP contribution is -2.46. The lowest BCUT2D eigenvalue weighted by molar-refractivity contribution is 0.243. The Morgan fingerprint density at radius 1 is 0.962 bits per heavy atom. The van der Waals surface area contributed by atoms with Crippen LogP contribution >= 0.6 is 0 Å². The number of ether oxygens (including phenoxy) is 1. The minimum Gasteiger partial charge on any atom is -0.495 e. The number of hydrogen-bond donors (Lipinski definition) is 1. The molecule has 0 unspecified atom stereocenters. The van der Waals surface area contributed by atoms with Gasteiger partial charge < -0.3 is 15.4 Å². The van der Waals surface area contributed by atoms with Gasteiger partial charge >= 0.3 is 0 Å². The summed E-state index contributed by atoms with van der Waals surface area (Å²) in [4.78, 5) is 13.9. The van der Waals surface area contributed by atoms with Crippen molar-refractivity contribution in [1.82, 2.24) is 14.9 Å². The molecule has 0 atom stereocenters. The Labute approximate surface area is 153 Å². The summed E-state index contributed by atoms with van der Waals surface area (Å²) in [5.74, 6) is 2.26. The highest BCUT2D eigenvalue weighted by Gasteiger charge is 2.20. The number of nitrogens with zero attached hydrogens (tertiary/aromatic N) is 4. The van der Waals surface area contributed by atoms with Crippen molar-refractivity contribution in [3.05, 3.63) is 54.4 Å². The molecule has 1 aromatic heterocycles. The van der Waals surface area contributed by atoms with E-state index in [0.717, 1.165) is 60.9 Å².